The van der Waals surface area contributed by atoms with E-state index in [2.05, 4.69) is 33.3 Å². The van der Waals surface area contributed by atoms with E-state index in [-0.39, 0.29) is 6.61 Å². The van der Waals surface area contributed by atoms with Crippen LogP contribution in [-0.4, -0.2) is 64.2 Å². The smallest absolute Gasteiger partial charge is 0.213 e. The number of pyridine rings is 1. The van der Waals surface area contributed by atoms with Crippen molar-refractivity contribution in [3.8, 4) is 5.88 Å². The fraction of sp³-hybridized carbons (Fsp3) is 0.560. The number of piperidine rings is 1. The molecular formula is C25H36N6O3. The highest BCUT2D eigenvalue weighted by atomic mass is 16.5. The van der Waals surface area contributed by atoms with Crippen LogP contribution in [0.1, 0.15) is 50.2 Å². The zero-order valence-electron chi connectivity index (χ0n) is 20.2. The lowest BCUT2D eigenvalue weighted by Gasteiger charge is -2.36. The summed E-state index contributed by atoms with van der Waals surface area (Å²) in [4.78, 5) is 11.8. The molecule has 1 fully saturated rings. The largest absolute Gasteiger partial charge is 0.478 e. The Balaban J connectivity index is 1.52. The van der Waals surface area contributed by atoms with Gasteiger partial charge in [-0.15, -0.1) is 0 Å². The molecule has 34 heavy (non-hydrogen) atoms. The molecular weight excluding hydrogens is 432 g/mol. The van der Waals surface area contributed by atoms with Gasteiger partial charge in [-0.3, -0.25) is 0 Å². The van der Waals surface area contributed by atoms with Gasteiger partial charge in [0.25, 0.3) is 0 Å². The van der Waals surface area contributed by atoms with Crippen molar-refractivity contribution in [2.75, 3.05) is 43.7 Å². The fourth-order valence-electron chi connectivity index (χ4n) is 4.44. The van der Waals surface area contributed by atoms with E-state index in [9.17, 15) is 5.11 Å². The number of aryl methyl sites for hydroxylation is 1. The number of aliphatic hydroxyl groups excluding tert-OH is 1. The summed E-state index contributed by atoms with van der Waals surface area (Å²) < 4.78 is 12.6. The minimum Gasteiger partial charge on any atom is -0.478 e. The first-order valence-electron chi connectivity index (χ1n) is 12.3. The quantitative estimate of drug-likeness (QED) is 0.390. The Labute approximate surface area is 201 Å². The number of fused-ring (bicyclic) bond motifs is 1. The SMILES string of the molecule is CCc1cnn2c(NCc3ccc(OCCCOC)nc3)cc(N3CCCC[C@H]3CCO)nc12. The maximum Gasteiger partial charge on any atom is 0.213 e. The normalized spacial score (nSPS) is 16.2. The molecule has 0 saturated carbocycles. The molecule has 0 amide bonds. The average Bonchev–Trinajstić information content (AvgIpc) is 3.30. The maximum atomic E-state index is 9.57. The molecule has 9 heteroatoms. The highest BCUT2D eigenvalue weighted by Gasteiger charge is 2.24. The van der Waals surface area contributed by atoms with E-state index in [1.807, 2.05) is 29.0 Å². The molecule has 1 aliphatic heterocycles. The molecule has 0 spiro atoms. The van der Waals surface area contributed by atoms with Gasteiger partial charge in [0.05, 0.1) is 12.8 Å². The van der Waals surface area contributed by atoms with E-state index in [4.69, 9.17) is 14.5 Å². The van der Waals surface area contributed by atoms with Crippen molar-refractivity contribution in [2.45, 2.75) is 58.0 Å². The van der Waals surface area contributed by atoms with Gasteiger partial charge in [-0.2, -0.15) is 9.61 Å². The zero-order valence-corrected chi connectivity index (χ0v) is 20.2. The molecule has 0 aromatic carbocycles. The van der Waals surface area contributed by atoms with E-state index in [1.54, 1.807) is 7.11 Å². The third kappa shape index (κ3) is 5.77. The third-order valence-corrected chi connectivity index (χ3v) is 6.31. The second kappa shape index (κ2) is 12.0. The predicted octanol–water partition coefficient (Wildman–Crippen LogP) is 3.46. The lowest BCUT2D eigenvalue weighted by atomic mass is 9.99. The van der Waals surface area contributed by atoms with Crippen LogP contribution in [0.4, 0.5) is 11.6 Å². The number of aromatic nitrogens is 4. The van der Waals surface area contributed by atoms with Gasteiger partial charge in [0, 0.05) is 69.8 Å². The van der Waals surface area contributed by atoms with Gasteiger partial charge in [0.1, 0.15) is 11.6 Å². The van der Waals surface area contributed by atoms with Crippen molar-refractivity contribution < 1.29 is 14.6 Å². The van der Waals surface area contributed by atoms with Crippen LogP contribution in [0.2, 0.25) is 0 Å². The summed E-state index contributed by atoms with van der Waals surface area (Å²) in [6, 6.07) is 6.31. The van der Waals surface area contributed by atoms with Crippen molar-refractivity contribution in [1.82, 2.24) is 19.6 Å². The average molecular weight is 469 g/mol. The molecule has 4 heterocycles. The number of rotatable bonds is 12. The standard InChI is InChI=1S/C25H36N6O3/c1-3-20-18-28-31-22(26-16-19-8-9-24(27-17-19)34-14-6-13-33-2)15-23(29-25(20)31)30-11-5-4-7-21(30)10-12-32/h8-9,15,17-18,21,26,32H,3-7,10-14,16H2,1-2H3/t21-/m0/s1. The Hall–Kier alpha value is -2.91. The van der Waals surface area contributed by atoms with Gasteiger partial charge in [-0.25, -0.2) is 9.97 Å². The molecule has 3 aromatic rings. The first kappa shape index (κ1) is 24.2. The first-order valence-corrected chi connectivity index (χ1v) is 12.3. The number of anilines is 2. The third-order valence-electron chi connectivity index (χ3n) is 6.31. The van der Waals surface area contributed by atoms with Crippen LogP contribution in [0.5, 0.6) is 5.88 Å². The lowest BCUT2D eigenvalue weighted by molar-refractivity contribution is 0.170. The number of aliphatic hydroxyl groups is 1. The minimum absolute atomic E-state index is 0.195. The van der Waals surface area contributed by atoms with Crippen molar-refractivity contribution >= 4 is 17.3 Å². The molecule has 9 nitrogen and oxygen atoms in total. The van der Waals surface area contributed by atoms with Crippen LogP contribution in [0.3, 0.4) is 0 Å². The molecule has 4 rings (SSSR count). The van der Waals surface area contributed by atoms with Crippen LogP contribution in [0, 0.1) is 0 Å². The van der Waals surface area contributed by atoms with Crippen molar-refractivity contribution in [2.24, 2.45) is 0 Å². The maximum absolute atomic E-state index is 9.57. The monoisotopic (exact) mass is 468 g/mol. The van der Waals surface area contributed by atoms with Crippen molar-refractivity contribution in [1.29, 1.82) is 0 Å². The van der Waals surface area contributed by atoms with Gasteiger partial charge in [-0.05, 0) is 37.7 Å². The van der Waals surface area contributed by atoms with Crippen LogP contribution in [-0.2, 0) is 17.7 Å². The van der Waals surface area contributed by atoms with Crippen LogP contribution < -0.4 is 15.0 Å². The van der Waals surface area contributed by atoms with Crippen molar-refractivity contribution in [3.05, 3.63) is 41.7 Å². The van der Waals surface area contributed by atoms with Crippen LogP contribution in [0.25, 0.3) is 5.65 Å². The molecule has 1 saturated heterocycles. The second-order valence-electron chi connectivity index (χ2n) is 8.67. The Morgan fingerprint density at radius 3 is 2.88 bits per heavy atom. The highest BCUT2D eigenvalue weighted by Crippen LogP contribution is 2.29. The van der Waals surface area contributed by atoms with E-state index < -0.39 is 0 Å². The fourth-order valence-corrected chi connectivity index (χ4v) is 4.44. The molecule has 1 aliphatic rings. The number of nitrogens with one attached hydrogen (secondary N) is 1. The van der Waals surface area contributed by atoms with Gasteiger partial charge in [-0.1, -0.05) is 13.0 Å². The molecule has 2 N–H and O–H groups in total. The molecule has 0 bridgehead atoms. The highest BCUT2D eigenvalue weighted by molar-refractivity contribution is 5.61. The van der Waals surface area contributed by atoms with E-state index in [0.29, 0.717) is 31.7 Å². The van der Waals surface area contributed by atoms with Crippen molar-refractivity contribution in [3.63, 3.8) is 0 Å². The summed E-state index contributed by atoms with van der Waals surface area (Å²) in [5.74, 6) is 2.46. The van der Waals surface area contributed by atoms with Crippen LogP contribution in [0.15, 0.2) is 30.6 Å². The topological polar surface area (TPSA) is 97.0 Å². The summed E-state index contributed by atoms with van der Waals surface area (Å²) in [7, 11) is 1.69. The molecule has 0 unspecified atom stereocenters. The van der Waals surface area contributed by atoms with Gasteiger partial charge in [0.15, 0.2) is 5.65 Å². The summed E-state index contributed by atoms with van der Waals surface area (Å²) in [5.41, 5.74) is 3.06. The Morgan fingerprint density at radius 2 is 2.12 bits per heavy atom. The zero-order chi connectivity index (χ0) is 23.8. The summed E-state index contributed by atoms with van der Waals surface area (Å²) in [6.45, 7) is 5.15. The van der Waals surface area contributed by atoms with E-state index >= 15 is 0 Å². The molecule has 0 aliphatic carbocycles. The Morgan fingerprint density at radius 1 is 1.21 bits per heavy atom. The molecule has 184 valence electrons. The number of methoxy groups -OCH3 is 1. The van der Waals surface area contributed by atoms with Gasteiger partial charge < -0.3 is 24.8 Å². The summed E-state index contributed by atoms with van der Waals surface area (Å²) in [6.07, 6.45) is 9.62. The number of hydrogen-bond donors (Lipinski definition) is 2. The molecule has 0 radical (unpaired) electrons. The van der Waals surface area contributed by atoms with Crippen LogP contribution >= 0.6 is 0 Å². The van der Waals surface area contributed by atoms with E-state index in [0.717, 1.165) is 67.1 Å². The van der Waals surface area contributed by atoms with E-state index in [1.165, 1.54) is 6.42 Å². The summed E-state index contributed by atoms with van der Waals surface area (Å²) in [5, 5.41) is 17.7. The second-order valence-corrected chi connectivity index (χ2v) is 8.67. The lowest BCUT2D eigenvalue weighted by Crippen LogP contribution is -2.40. The molecule has 3 aromatic heterocycles. The minimum atomic E-state index is 0.195. The summed E-state index contributed by atoms with van der Waals surface area (Å²) >= 11 is 0. The number of ether oxygens (including phenoxy) is 2. The first-order chi connectivity index (χ1) is 16.7. The van der Waals surface area contributed by atoms with Gasteiger partial charge in [0.2, 0.25) is 5.88 Å². The number of hydrogen-bond acceptors (Lipinski definition) is 8. The number of nitrogens with zero attached hydrogens (tertiary/aromatic N) is 5. The molecule has 1 atom stereocenters. The Bertz CT molecular complexity index is 1040. The Kier molecular flexibility index (Phi) is 8.54. The predicted molar refractivity (Wildman–Crippen MR) is 133 cm³/mol. The van der Waals surface area contributed by atoms with Gasteiger partial charge >= 0.3 is 0 Å².